The van der Waals surface area contributed by atoms with Gasteiger partial charge in [-0.15, -0.1) is 0 Å². The maximum atomic E-state index is 13.3. The van der Waals surface area contributed by atoms with Crippen molar-refractivity contribution in [3.05, 3.63) is 101 Å². The molecule has 0 atom stereocenters. The van der Waals surface area contributed by atoms with Crippen molar-refractivity contribution < 1.29 is 14.1 Å². The highest BCUT2D eigenvalue weighted by Crippen LogP contribution is 2.22. The Morgan fingerprint density at radius 1 is 0.970 bits per heavy atom. The van der Waals surface area contributed by atoms with Gasteiger partial charge < -0.3 is 14.2 Å². The topological polar surface area (TPSA) is 68.5 Å². The van der Waals surface area contributed by atoms with Crippen LogP contribution in [0, 0.1) is 0 Å². The van der Waals surface area contributed by atoms with Gasteiger partial charge in [0, 0.05) is 25.1 Å². The number of methoxy groups -OCH3 is 1. The van der Waals surface area contributed by atoms with Crippen molar-refractivity contribution in [1.29, 1.82) is 0 Å². The number of ether oxygens (including phenoxy) is 1. The SMILES string of the molecule is COc1cccc(-c2noc(CCN(CCc3ccccc3)C(=O)c3ccccc3Cl)n2)c1. The molecule has 6 nitrogen and oxygen atoms in total. The summed E-state index contributed by atoms with van der Waals surface area (Å²) in [6.45, 7) is 0.974. The fourth-order valence-electron chi connectivity index (χ4n) is 3.50. The molecule has 0 aliphatic heterocycles. The Balaban J connectivity index is 1.48. The zero-order valence-corrected chi connectivity index (χ0v) is 19.0. The fourth-order valence-corrected chi connectivity index (χ4v) is 3.71. The van der Waals surface area contributed by atoms with Gasteiger partial charge in [-0.2, -0.15) is 4.98 Å². The maximum Gasteiger partial charge on any atom is 0.255 e. The van der Waals surface area contributed by atoms with Crippen LogP contribution in [0.15, 0.2) is 83.4 Å². The number of halogens is 1. The molecule has 4 aromatic rings. The molecule has 0 saturated heterocycles. The molecule has 7 heteroatoms. The molecule has 168 valence electrons. The molecule has 0 aliphatic rings. The van der Waals surface area contributed by atoms with E-state index in [2.05, 4.69) is 22.3 Å². The number of nitrogens with zero attached hydrogens (tertiary/aromatic N) is 3. The van der Waals surface area contributed by atoms with Crippen molar-refractivity contribution >= 4 is 17.5 Å². The average molecular weight is 462 g/mol. The summed E-state index contributed by atoms with van der Waals surface area (Å²) < 4.78 is 10.7. The third-order valence-corrected chi connectivity index (χ3v) is 5.63. The van der Waals surface area contributed by atoms with Crippen molar-refractivity contribution in [2.45, 2.75) is 12.8 Å². The first kappa shape index (κ1) is 22.6. The molecule has 0 unspecified atom stereocenters. The molecule has 0 spiro atoms. The van der Waals surface area contributed by atoms with Crippen LogP contribution < -0.4 is 4.74 Å². The van der Waals surface area contributed by atoms with Gasteiger partial charge in [0.05, 0.1) is 17.7 Å². The molecular weight excluding hydrogens is 438 g/mol. The van der Waals surface area contributed by atoms with E-state index in [0.29, 0.717) is 41.8 Å². The molecule has 4 rings (SSSR count). The minimum atomic E-state index is -0.121. The predicted octanol–water partition coefficient (Wildman–Crippen LogP) is 5.33. The van der Waals surface area contributed by atoms with E-state index in [0.717, 1.165) is 23.3 Å². The van der Waals surface area contributed by atoms with Crippen LogP contribution in [-0.4, -0.2) is 41.1 Å². The molecule has 1 amide bonds. The monoisotopic (exact) mass is 461 g/mol. The van der Waals surface area contributed by atoms with E-state index in [1.165, 1.54) is 0 Å². The van der Waals surface area contributed by atoms with E-state index in [-0.39, 0.29) is 5.91 Å². The van der Waals surface area contributed by atoms with E-state index in [4.69, 9.17) is 20.9 Å². The van der Waals surface area contributed by atoms with Gasteiger partial charge in [-0.25, -0.2) is 0 Å². The first-order valence-corrected chi connectivity index (χ1v) is 11.1. The summed E-state index contributed by atoms with van der Waals surface area (Å²) in [5, 5.41) is 4.52. The highest BCUT2D eigenvalue weighted by Gasteiger charge is 2.19. The summed E-state index contributed by atoms with van der Waals surface area (Å²) in [4.78, 5) is 19.5. The zero-order valence-electron chi connectivity index (χ0n) is 18.3. The first-order valence-electron chi connectivity index (χ1n) is 10.7. The Morgan fingerprint density at radius 3 is 2.52 bits per heavy atom. The van der Waals surface area contributed by atoms with E-state index in [1.54, 1.807) is 24.1 Å². The largest absolute Gasteiger partial charge is 0.497 e. The van der Waals surface area contributed by atoms with Gasteiger partial charge in [-0.3, -0.25) is 4.79 Å². The maximum absolute atomic E-state index is 13.3. The highest BCUT2D eigenvalue weighted by molar-refractivity contribution is 6.33. The minimum absolute atomic E-state index is 0.121. The molecule has 3 aromatic carbocycles. The zero-order chi connectivity index (χ0) is 23.0. The Hall–Kier alpha value is -3.64. The molecule has 1 heterocycles. The number of hydrogen-bond acceptors (Lipinski definition) is 5. The van der Waals surface area contributed by atoms with Crippen molar-refractivity contribution in [2.24, 2.45) is 0 Å². The summed E-state index contributed by atoms with van der Waals surface area (Å²) in [5.41, 5.74) is 2.44. The van der Waals surface area contributed by atoms with Crippen LogP contribution in [0.4, 0.5) is 0 Å². The van der Waals surface area contributed by atoms with E-state index in [9.17, 15) is 4.79 Å². The summed E-state index contributed by atoms with van der Waals surface area (Å²) in [5.74, 6) is 1.54. The molecule has 0 radical (unpaired) electrons. The highest BCUT2D eigenvalue weighted by atomic mass is 35.5. The molecule has 0 saturated carbocycles. The molecular formula is C26H24ClN3O3. The van der Waals surface area contributed by atoms with Crippen LogP contribution in [-0.2, 0) is 12.8 Å². The van der Waals surface area contributed by atoms with E-state index < -0.39 is 0 Å². The minimum Gasteiger partial charge on any atom is -0.497 e. The first-order chi connectivity index (χ1) is 16.1. The molecule has 0 aliphatic carbocycles. The van der Waals surface area contributed by atoms with Gasteiger partial charge in [0.2, 0.25) is 11.7 Å². The number of amides is 1. The second kappa shape index (κ2) is 10.8. The third kappa shape index (κ3) is 5.79. The summed E-state index contributed by atoms with van der Waals surface area (Å²) in [7, 11) is 1.61. The predicted molar refractivity (Wildman–Crippen MR) is 127 cm³/mol. The fraction of sp³-hybridized carbons (Fsp3) is 0.192. The van der Waals surface area contributed by atoms with Gasteiger partial charge in [0.25, 0.3) is 5.91 Å². The quantitative estimate of drug-likeness (QED) is 0.337. The summed E-state index contributed by atoms with van der Waals surface area (Å²) in [6, 6.07) is 24.6. The van der Waals surface area contributed by atoms with Gasteiger partial charge in [-0.1, -0.05) is 71.4 Å². The van der Waals surface area contributed by atoms with Crippen LogP contribution in [0.3, 0.4) is 0 Å². The van der Waals surface area contributed by atoms with Crippen molar-refractivity contribution in [1.82, 2.24) is 15.0 Å². The second-order valence-corrected chi connectivity index (χ2v) is 7.91. The standard InChI is InChI=1S/C26H24ClN3O3/c1-32-21-11-7-10-20(18-21)25-28-24(33-29-25)15-17-30(16-14-19-8-3-2-4-9-19)26(31)22-12-5-6-13-23(22)27/h2-13,18H,14-17H2,1H3. The summed E-state index contributed by atoms with van der Waals surface area (Å²) in [6.07, 6.45) is 1.16. The number of benzene rings is 3. The van der Waals surface area contributed by atoms with Crippen LogP contribution in [0.5, 0.6) is 5.75 Å². The van der Waals surface area contributed by atoms with Crippen LogP contribution >= 0.6 is 11.6 Å². The number of carbonyl (C=O) groups excluding carboxylic acids is 1. The van der Waals surface area contributed by atoms with Crippen molar-refractivity contribution in [3.63, 3.8) is 0 Å². The molecule has 0 bridgehead atoms. The Labute approximate surface area is 197 Å². The average Bonchev–Trinajstić information content (AvgIpc) is 3.34. The third-order valence-electron chi connectivity index (χ3n) is 5.30. The molecule has 33 heavy (non-hydrogen) atoms. The van der Waals surface area contributed by atoms with Crippen LogP contribution in [0.25, 0.3) is 11.4 Å². The van der Waals surface area contributed by atoms with Gasteiger partial charge in [-0.05, 0) is 36.2 Å². The Morgan fingerprint density at radius 2 is 1.73 bits per heavy atom. The van der Waals surface area contributed by atoms with Gasteiger partial charge in [0.1, 0.15) is 5.75 Å². The Bertz CT molecular complexity index is 1210. The lowest BCUT2D eigenvalue weighted by molar-refractivity contribution is 0.0756. The summed E-state index contributed by atoms with van der Waals surface area (Å²) >= 11 is 6.29. The van der Waals surface area contributed by atoms with E-state index >= 15 is 0 Å². The number of aromatic nitrogens is 2. The van der Waals surface area contributed by atoms with Crippen LogP contribution in [0.1, 0.15) is 21.8 Å². The van der Waals surface area contributed by atoms with Gasteiger partial charge >= 0.3 is 0 Å². The molecule has 0 fully saturated rings. The smallest absolute Gasteiger partial charge is 0.255 e. The lowest BCUT2D eigenvalue weighted by atomic mass is 10.1. The lowest BCUT2D eigenvalue weighted by Gasteiger charge is -2.23. The number of hydrogen-bond donors (Lipinski definition) is 0. The van der Waals surface area contributed by atoms with Crippen molar-refractivity contribution in [2.75, 3.05) is 20.2 Å². The van der Waals surface area contributed by atoms with E-state index in [1.807, 2.05) is 54.6 Å². The van der Waals surface area contributed by atoms with Gasteiger partial charge in [0.15, 0.2) is 0 Å². The van der Waals surface area contributed by atoms with Crippen molar-refractivity contribution in [3.8, 4) is 17.1 Å². The normalized spacial score (nSPS) is 10.7. The Kier molecular flexibility index (Phi) is 7.37. The number of carbonyl (C=O) groups is 1. The van der Waals surface area contributed by atoms with Crippen LogP contribution in [0.2, 0.25) is 5.02 Å². The lowest BCUT2D eigenvalue weighted by Crippen LogP contribution is -2.35. The molecule has 0 N–H and O–H groups in total. The number of rotatable bonds is 9. The molecule has 1 aromatic heterocycles. The second-order valence-electron chi connectivity index (χ2n) is 7.50.